The predicted molar refractivity (Wildman–Crippen MR) is 134 cm³/mol. The Morgan fingerprint density at radius 1 is 1.19 bits per heavy atom. The normalized spacial score (nSPS) is 16.0. The molecule has 1 aliphatic heterocycles. The van der Waals surface area contributed by atoms with Crippen LogP contribution in [0.15, 0.2) is 71.0 Å². The first-order chi connectivity index (χ1) is 15.5. The van der Waals surface area contributed by atoms with E-state index in [1.165, 1.54) is 17.0 Å². The number of halogens is 1. The molecule has 1 fully saturated rings. The number of aliphatic imine (C=N–C) groups is 1. The fourth-order valence-electron chi connectivity index (χ4n) is 4.05. The van der Waals surface area contributed by atoms with Crippen molar-refractivity contribution in [3.05, 3.63) is 77.2 Å². The lowest BCUT2D eigenvalue weighted by atomic mass is 9.86. The molecule has 8 heteroatoms. The summed E-state index contributed by atoms with van der Waals surface area (Å²) in [5, 5.41) is 19.5. The summed E-state index contributed by atoms with van der Waals surface area (Å²) in [6.45, 7) is 7.74. The number of benzene rings is 2. The van der Waals surface area contributed by atoms with Crippen molar-refractivity contribution in [2.45, 2.75) is 25.7 Å². The Hall–Kier alpha value is -3.29. The van der Waals surface area contributed by atoms with Crippen molar-refractivity contribution < 1.29 is 0 Å². The van der Waals surface area contributed by atoms with E-state index in [4.69, 9.17) is 17.3 Å². The van der Waals surface area contributed by atoms with Crippen molar-refractivity contribution >= 4 is 39.8 Å². The van der Waals surface area contributed by atoms with E-state index in [1.807, 2.05) is 19.1 Å². The molecular weight excluding hydrogens is 422 g/mol. The van der Waals surface area contributed by atoms with Crippen LogP contribution in [0.1, 0.15) is 30.0 Å². The SMILES string of the molecule is C=C/C(Cl)=C(\N=C(/N)Nc1ccc(C2CCNCC2)c2ccccc12)Nc1cc(C)[nH]n1. The molecule has 32 heavy (non-hydrogen) atoms. The number of fused-ring (bicyclic) bond motifs is 1. The van der Waals surface area contributed by atoms with Gasteiger partial charge in [-0.25, -0.2) is 0 Å². The molecule has 7 nitrogen and oxygen atoms in total. The number of nitrogens with two attached hydrogens (primary N) is 1. The lowest BCUT2D eigenvalue weighted by molar-refractivity contribution is 0.462. The topological polar surface area (TPSA) is 103 Å². The number of H-pyrrole nitrogens is 1. The maximum Gasteiger partial charge on any atom is 0.199 e. The second-order valence-electron chi connectivity index (χ2n) is 7.86. The fraction of sp³-hybridized carbons (Fsp3) is 0.250. The Kier molecular flexibility index (Phi) is 6.78. The number of nitrogens with one attached hydrogen (secondary N) is 4. The number of rotatable bonds is 6. The van der Waals surface area contributed by atoms with Gasteiger partial charge in [-0.05, 0) is 61.9 Å². The van der Waals surface area contributed by atoms with Gasteiger partial charge in [0.15, 0.2) is 17.6 Å². The summed E-state index contributed by atoms with van der Waals surface area (Å²) in [6, 6.07) is 14.5. The van der Waals surface area contributed by atoms with E-state index < -0.39 is 0 Å². The van der Waals surface area contributed by atoms with Gasteiger partial charge >= 0.3 is 0 Å². The van der Waals surface area contributed by atoms with Crippen LogP contribution in [0.4, 0.5) is 11.5 Å². The lowest BCUT2D eigenvalue weighted by Crippen LogP contribution is -2.27. The zero-order chi connectivity index (χ0) is 22.5. The highest BCUT2D eigenvalue weighted by molar-refractivity contribution is 6.31. The van der Waals surface area contributed by atoms with E-state index in [-0.39, 0.29) is 5.96 Å². The molecule has 2 aromatic carbocycles. The molecule has 0 radical (unpaired) electrons. The molecule has 6 N–H and O–H groups in total. The highest BCUT2D eigenvalue weighted by Gasteiger charge is 2.18. The van der Waals surface area contributed by atoms with Gasteiger partial charge in [-0.2, -0.15) is 10.1 Å². The highest BCUT2D eigenvalue weighted by atomic mass is 35.5. The van der Waals surface area contributed by atoms with Crippen LogP contribution in [0, 0.1) is 6.92 Å². The number of aromatic amines is 1. The average molecular weight is 450 g/mol. The zero-order valence-electron chi connectivity index (χ0n) is 18.1. The fourth-order valence-corrected chi connectivity index (χ4v) is 4.14. The summed E-state index contributed by atoms with van der Waals surface area (Å²) in [5.74, 6) is 1.71. The quantitative estimate of drug-likeness (QED) is 0.212. The number of allylic oxidation sites excluding steroid dienone is 2. The number of anilines is 2. The molecular formula is C24H28ClN7. The van der Waals surface area contributed by atoms with E-state index in [0.717, 1.165) is 42.7 Å². The van der Waals surface area contributed by atoms with Crippen LogP contribution in [-0.2, 0) is 0 Å². The Morgan fingerprint density at radius 3 is 2.62 bits per heavy atom. The summed E-state index contributed by atoms with van der Waals surface area (Å²) in [4.78, 5) is 4.45. The second-order valence-corrected chi connectivity index (χ2v) is 8.26. The Labute approximate surface area is 192 Å². The lowest BCUT2D eigenvalue weighted by Gasteiger charge is -2.25. The maximum atomic E-state index is 6.30. The number of aryl methyl sites for hydroxylation is 1. The predicted octanol–water partition coefficient (Wildman–Crippen LogP) is 4.77. The molecule has 0 saturated carbocycles. The van der Waals surface area contributed by atoms with Crippen LogP contribution in [0.5, 0.6) is 0 Å². The minimum Gasteiger partial charge on any atom is -0.369 e. The van der Waals surface area contributed by atoms with E-state index in [9.17, 15) is 0 Å². The van der Waals surface area contributed by atoms with Gasteiger partial charge in [0.05, 0.1) is 5.03 Å². The highest BCUT2D eigenvalue weighted by Crippen LogP contribution is 2.34. The van der Waals surface area contributed by atoms with Crippen molar-refractivity contribution in [3.8, 4) is 0 Å². The van der Waals surface area contributed by atoms with E-state index in [2.05, 4.69) is 68.1 Å². The number of guanidine groups is 1. The van der Waals surface area contributed by atoms with Crippen molar-refractivity contribution in [2.75, 3.05) is 23.7 Å². The Balaban J connectivity index is 1.63. The number of aromatic nitrogens is 2. The van der Waals surface area contributed by atoms with Crippen molar-refractivity contribution in [2.24, 2.45) is 10.7 Å². The van der Waals surface area contributed by atoms with Gasteiger partial charge in [-0.15, -0.1) is 0 Å². The molecule has 3 aromatic rings. The van der Waals surface area contributed by atoms with Crippen LogP contribution in [0.3, 0.4) is 0 Å². The second kappa shape index (κ2) is 9.89. The molecule has 0 bridgehead atoms. The average Bonchev–Trinajstić information content (AvgIpc) is 3.23. The number of piperidine rings is 1. The van der Waals surface area contributed by atoms with Gasteiger partial charge in [-0.3, -0.25) is 5.10 Å². The third-order valence-electron chi connectivity index (χ3n) is 5.59. The summed E-state index contributed by atoms with van der Waals surface area (Å²) >= 11 is 6.30. The van der Waals surface area contributed by atoms with Crippen LogP contribution in [0.25, 0.3) is 10.8 Å². The molecule has 1 aromatic heterocycles. The number of hydrogen-bond acceptors (Lipinski definition) is 4. The summed E-state index contributed by atoms with van der Waals surface area (Å²) in [5.41, 5.74) is 9.46. The standard InChI is InChI=1S/C24H28ClN7/c1-3-20(25)23(29-22-14-15(2)31-32-22)30-24(26)28-21-9-8-17(16-10-12-27-13-11-16)18-6-4-5-7-19(18)21/h3-9,14,16,27H,1,10-13H2,2H3,(H3,26,28,30)(H2,29,31,32)/b23-20+. The summed E-state index contributed by atoms with van der Waals surface area (Å²) in [6.07, 6.45) is 3.79. The molecule has 166 valence electrons. The van der Waals surface area contributed by atoms with E-state index >= 15 is 0 Å². The molecule has 0 aliphatic carbocycles. The minimum absolute atomic E-state index is 0.208. The van der Waals surface area contributed by atoms with Gasteiger partial charge < -0.3 is 21.7 Å². The molecule has 4 rings (SSSR count). The van der Waals surface area contributed by atoms with Gasteiger partial charge in [0.1, 0.15) is 0 Å². The zero-order valence-corrected chi connectivity index (χ0v) is 18.8. The third kappa shape index (κ3) is 4.95. The Morgan fingerprint density at radius 2 is 1.94 bits per heavy atom. The first kappa shape index (κ1) is 21.9. The monoisotopic (exact) mass is 449 g/mol. The molecule has 0 spiro atoms. The van der Waals surface area contributed by atoms with E-state index in [0.29, 0.717) is 22.6 Å². The van der Waals surface area contributed by atoms with Crippen LogP contribution in [-0.4, -0.2) is 29.2 Å². The number of hydrogen-bond donors (Lipinski definition) is 5. The van der Waals surface area contributed by atoms with Crippen molar-refractivity contribution in [1.82, 2.24) is 15.5 Å². The summed E-state index contributed by atoms with van der Waals surface area (Å²) in [7, 11) is 0. The third-order valence-corrected chi connectivity index (χ3v) is 5.92. The number of nitrogens with zero attached hydrogens (tertiary/aromatic N) is 2. The molecule has 2 heterocycles. The van der Waals surface area contributed by atoms with Crippen LogP contribution >= 0.6 is 11.6 Å². The van der Waals surface area contributed by atoms with Gasteiger partial charge in [0, 0.05) is 22.8 Å². The molecule has 0 amide bonds. The van der Waals surface area contributed by atoms with Crippen molar-refractivity contribution in [1.29, 1.82) is 0 Å². The first-order valence-corrected chi connectivity index (χ1v) is 11.1. The molecule has 1 saturated heterocycles. The summed E-state index contributed by atoms with van der Waals surface area (Å²) < 4.78 is 0. The first-order valence-electron chi connectivity index (χ1n) is 10.7. The van der Waals surface area contributed by atoms with Gasteiger partial charge in [-0.1, -0.05) is 48.5 Å². The molecule has 0 unspecified atom stereocenters. The smallest absolute Gasteiger partial charge is 0.199 e. The van der Waals surface area contributed by atoms with Crippen LogP contribution < -0.4 is 21.7 Å². The Bertz CT molecular complexity index is 1170. The molecule has 1 aliphatic rings. The van der Waals surface area contributed by atoms with E-state index in [1.54, 1.807) is 0 Å². The largest absolute Gasteiger partial charge is 0.369 e. The van der Waals surface area contributed by atoms with Gasteiger partial charge in [0.25, 0.3) is 0 Å². The van der Waals surface area contributed by atoms with Crippen LogP contribution in [0.2, 0.25) is 0 Å². The molecule has 0 atom stereocenters. The minimum atomic E-state index is 0.208. The van der Waals surface area contributed by atoms with Crippen molar-refractivity contribution in [3.63, 3.8) is 0 Å². The van der Waals surface area contributed by atoms with Gasteiger partial charge in [0.2, 0.25) is 0 Å². The maximum absolute atomic E-state index is 6.30.